The van der Waals surface area contributed by atoms with Crippen LogP contribution in [0.3, 0.4) is 0 Å². The van der Waals surface area contributed by atoms with Crippen LogP contribution in [0.1, 0.15) is 39.7 Å². The van der Waals surface area contributed by atoms with Crippen LogP contribution in [0, 0.1) is 5.92 Å². The Kier molecular flexibility index (Phi) is 5.88. The Morgan fingerprint density at radius 1 is 1.50 bits per heavy atom. The van der Waals surface area contributed by atoms with Crippen molar-refractivity contribution in [2.45, 2.75) is 39.7 Å². The number of rotatable bonds is 7. The maximum atomic E-state index is 5.73. The number of hydrogen-bond donors (Lipinski definition) is 0. The first-order valence-electron chi connectivity index (χ1n) is 5.90. The van der Waals surface area contributed by atoms with Gasteiger partial charge in [-0.3, -0.25) is 4.68 Å². The Balaban J connectivity index is 2.41. The molecule has 4 heteroatoms. The van der Waals surface area contributed by atoms with Crippen molar-refractivity contribution in [1.82, 2.24) is 9.78 Å². The molecule has 0 radical (unpaired) electrons. The molecule has 0 bridgehead atoms. The van der Waals surface area contributed by atoms with Crippen LogP contribution in [0.25, 0.3) is 0 Å². The first kappa shape index (κ1) is 13.6. The summed E-state index contributed by atoms with van der Waals surface area (Å²) in [4.78, 5) is 0. The summed E-state index contributed by atoms with van der Waals surface area (Å²) in [5.74, 6) is 1.46. The summed E-state index contributed by atoms with van der Waals surface area (Å²) in [5.41, 5.74) is 0. The van der Waals surface area contributed by atoms with Crippen LogP contribution in [0.15, 0.2) is 12.4 Å². The quantitative estimate of drug-likeness (QED) is 0.716. The van der Waals surface area contributed by atoms with E-state index in [0.717, 1.165) is 17.7 Å². The summed E-state index contributed by atoms with van der Waals surface area (Å²) in [6, 6.07) is 0.389. The smallest absolute Gasteiger partial charge is 0.157 e. The van der Waals surface area contributed by atoms with E-state index in [-0.39, 0.29) is 0 Å². The van der Waals surface area contributed by atoms with Crippen LogP contribution in [0.4, 0.5) is 0 Å². The van der Waals surface area contributed by atoms with E-state index in [1.807, 2.05) is 10.9 Å². The van der Waals surface area contributed by atoms with Crippen molar-refractivity contribution in [3.05, 3.63) is 12.4 Å². The molecule has 1 atom stereocenters. The Hall–Kier alpha value is -0.510. The fourth-order valence-corrected chi connectivity index (χ4v) is 2.02. The Labute approximate surface area is 106 Å². The van der Waals surface area contributed by atoms with Gasteiger partial charge in [0, 0.05) is 17.3 Å². The summed E-state index contributed by atoms with van der Waals surface area (Å²) in [7, 11) is 0. The molecule has 0 aromatic carbocycles. The second kappa shape index (κ2) is 6.94. The van der Waals surface area contributed by atoms with Crippen LogP contribution in [-0.2, 0) is 0 Å². The van der Waals surface area contributed by atoms with Gasteiger partial charge in [0.25, 0.3) is 0 Å². The molecule has 3 nitrogen and oxygen atoms in total. The van der Waals surface area contributed by atoms with E-state index in [1.54, 1.807) is 6.20 Å². The molecular weight excluding hydrogens is 268 g/mol. The van der Waals surface area contributed by atoms with Gasteiger partial charge in [-0.05, 0) is 20.3 Å². The molecule has 0 aliphatic carbocycles. The zero-order valence-electron chi connectivity index (χ0n) is 10.3. The number of aromatic nitrogens is 2. The zero-order chi connectivity index (χ0) is 12.0. The van der Waals surface area contributed by atoms with Gasteiger partial charge >= 0.3 is 0 Å². The van der Waals surface area contributed by atoms with E-state index >= 15 is 0 Å². The lowest BCUT2D eigenvalue weighted by Gasteiger charge is -2.12. The molecule has 0 saturated heterocycles. The molecular formula is C12H21BrN2O. The fourth-order valence-electron chi connectivity index (χ4n) is 1.50. The molecule has 1 aromatic rings. The molecule has 16 heavy (non-hydrogen) atoms. The van der Waals surface area contributed by atoms with Gasteiger partial charge in [-0.15, -0.1) is 0 Å². The normalized spacial score (nSPS) is 13.1. The highest BCUT2D eigenvalue weighted by atomic mass is 79.9. The third kappa shape index (κ3) is 4.16. The van der Waals surface area contributed by atoms with Crippen LogP contribution in [0.5, 0.6) is 5.75 Å². The van der Waals surface area contributed by atoms with Crippen molar-refractivity contribution >= 4 is 15.9 Å². The van der Waals surface area contributed by atoms with E-state index in [0.29, 0.717) is 12.0 Å². The van der Waals surface area contributed by atoms with Crippen molar-refractivity contribution in [1.29, 1.82) is 0 Å². The topological polar surface area (TPSA) is 27.1 Å². The molecule has 0 aliphatic heterocycles. The molecule has 1 rings (SSSR count). The zero-order valence-corrected chi connectivity index (χ0v) is 11.9. The Bertz CT molecular complexity index is 299. The largest absolute Gasteiger partial charge is 0.490 e. The van der Waals surface area contributed by atoms with E-state index in [1.165, 1.54) is 12.8 Å². The lowest BCUT2D eigenvalue weighted by molar-refractivity contribution is 0.254. The highest BCUT2D eigenvalue weighted by molar-refractivity contribution is 9.09. The number of hydrogen-bond acceptors (Lipinski definition) is 2. The minimum atomic E-state index is 0.389. The maximum Gasteiger partial charge on any atom is 0.157 e. The van der Waals surface area contributed by atoms with Gasteiger partial charge in [0.1, 0.15) is 0 Å². The molecule has 0 amide bonds. The lowest BCUT2D eigenvalue weighted by atomic mass is 10.1. The van der Waals surface area contributed by atoms with Gasteiger partial charge in [-0.1, -0.05) is 29.3 Å². The second-order valence-corrected chi connectivity index (χ2v) is 5.02. The molecule has 0 fully saturated rings. The predicted octanol–water partition coefficient (Wildman–Crippen LogP) is 3.65. The van der Waals surface area contributed by atoms with Crippen LogP contribution in [0.2, 0.25) is 0 Å². The van der Waals surface area contributed by atoms with E-state index in [2.05, 4.69) is 41.8 Å². The number of halogens is 1. The Morgan fingerprint density at radius 2 is 2.25 bits per heavy atom. The van der Waals surface area contributed by atoms with Crippen molar-refractivity contribution in [3.63, 3.8) is 0 Å². The van der Waals surface area contributed by atoms with Crippen LogP contribution >= 0.6 is 15.9 Å². The van der Waals surface area contributed by atoms with Gasteiger partial charge in [0.15, 0.2) is 5.75 Å². The molecule has 1 heterocycles. The van der Waals surface area contributed by atoms with Gasteiger partial charge < -0.3 is 4.74 Å². The number of alkyl halides is 1. The average Bonchev–Trinajstić information content (AvgIpc) is 2.73. The van der Waals surface area contributed by atoms with E-state index in [4.69, 9.17) is 4.74 Å². The highest BCUT2D eigenvalue weighted by Crippen LogP contribution is 2.16. The minimum Gasteiger partial charge on any atom is -0.490 e. The first-order valence-corrected chi connectivity index (χ1v) is 7.02. The van der Waals surface area contributed by atoms with Gasteiger partial charge in [0.05, 0.1) is 19.0 Å². The number of ether oxygens (including phenoxy) is 1. The summed E-state index contributed by atoms with van der Waals surface area (Å²) >= 11 is 3.52. The number of nitrogens with zero attached hydrogens (tertiary/aromatic N) is 2. The average molecular weight is 289 g/mol. The maximum absolute atomic E-state index is 5.73. The third-order valence-corrected chi connectivity index (χ3v) is 3.42. The van der Waals surface area contributed by atoms with Crippen molar-refractivity contribution in [2.75, 3.05) is 11.9 Å². The van der Waals surface area contributed by atoms with Crippen molar-refractivity contribution in [3.8, 4) is 5.75 Å². The molecule has 0 spiro atoms. The van der Waals surface area contributed by atoms with Gasteiger partial charge in [-0.25, -0.2) is 0 Å². The molecule has 92 valence electrons. The van der Waals surface area contributed by atoms with Crippen LogP contribution in [-0.4, -0.2) is 21.7 Å². The summed E-state index contributed by atoms with van der Waals surface area (Å²) in [5, 5.41) is 5.24. The third-order valence-electron chi connectivity index (χ3n) is 2.51. The predicted molar refractivity (Wildman–Crippen MR) is 70.3 cm³/mol. The SMILES string of the molecule is CCCC(CBr)COc1cnn(C(C)C)c1. The van der Waals surface area contributed by atoms with E-state index < -0.39 is 0 Å². The molecule has 0 saturated carbocycles. The molecule has 1 unspecified atom stereocenters. The van der Waals surface area contributed by atoms with Crippen LogP contribution < -0.4 is 4.74 Å². The molecule has 0 aliphatic rings. The summed E-state index contributed by atoms with van der Waals surface area (Å²) in [6.07, 6.45) is 6.15. The standard InChI is InChI=1S/C12H21BrN2O/c1-4-5-11(6-13)9-16-12-7-14-15(8-12)10(2)3/h7-8,10-11H,4-6,9H2,1-3H3. The Morgan fingerprint density at radius 3 is 2.75 bits per heavy atom. The van der Waals surface area contributed by atoms with E-state index in [9.17, 15) is 0 Å². The van der Waals surface area contributed by atoms with Gasteiger partial charge in [-0.2, -0.15) is 5.10 Å². The van der Waals surface area contributed by atoms with Gasteiger partial charge in [0.2, 0.25) is 0 Å². The first-order chi connectivity index (χ1) is 7.67. The molecule has 1 aromatic heterocycles. The lowest BCUT2D eigenvalue weighted by Crippen LogP contribution is -2.13. The minimum absolute atomic E-state index is 0.389. The van der Waals surface area contributed by atoms with Crippen molar-refractivity contribution < 1.29 is 4.74 Å². The van der Waals surface area contributed by atoms with Crippen molar-refractivity contribution in [2.24, 2.45) is 5.92 Å². The molecule has 0 N–H and O–H groups in total. The summed E-state index contributed by atoms with van der Waals surface area (Å²) < 4.78 is 7.64. The highest BCUT2D eigenvalue weighted by Gasteiger charge is 2.08. The monoisotopic (exact) mass is 288 g/mol. The second-order valence-electron chi connectivity index (χ2n) is 4.37. The summed E-state index contributed by atoms with van der Waals surface area (Å²) in [6.45, 7) is 7.18. The fraction of sp³-hybridized carbons (Fsp3) is 0.750.